The second-order valence-corrected chi connectivity index (χ2v) is 7.46. The number of aliphatic hydroxyl groups excluding tert-OH is 3. The molecule has 0 bridgehead atoms. The average Bonchev–Trinajstić information content (AvgIpc) is 2.83. The number of unbranched alkanes of at least 4 members (excludes halogenated alkanes) is 6. The molecule has 1 aromatic heterocycles. The molecule has 0 amide bonds. The highest BCUT2D eigenvalue weighted by Gasteiger charge is 2.22. The molecule has 12 nitrogen and oxygen atoms in total. The van der Waals surface area contributed by atoms with Crippen LogP contribution < -0.4 is 15.2 Å². The fourth-order valence-electron chi connectivity index (χ4n) is 2.69. The molecule has 0 spiro atoms. The number of hydrogen-bond donors (Lipinski definition) is 3. The Hall–Kier alpha value is -1.83. The summed E-state index contributed by atoms with van der Waals surface area (Å²) in [6.45, 7) is 5.92. The van der Waals surface area contributed by atoms with Gasteiger partial charge >= 0.3 is 0 Å². The number of hydroxylamine groups is 1. The van der Waals surface area contributed by atoms with Crippen LogP contribution in [0.4, 0.5) is 17.8 Å². The van der Waals surface area contributed by atoms with Crippen molar-refractivity contribution in [3.8, 4) is 0 Å². The van der Waals surface area contributed by atoms with Gasteiger partial charge in [0.25, 0.3) is 11.9 Å². The minimum atomic E-state index is -0.523. The molecule has 0 aliphatic rings. The van der Waals surface area contributed by atoms with Crippen molar-refractivity contribution < 1.29 is 29.8 Å². The van der Waals surface area contributed by atoms with E-state index >= 15 is 0 Å². The number of hydrogen-bond acceptors (Lipinski definition) is 12. The molecule has 1 aromatic rings. The van der Waals surface area contributed by atoms with Crippen LogP contribution in [0.5, 0.6) is 0 Å². The Bertz CT molecular complexity index is 599. The molecular formula is C21H42N6O6. The van der Waals surface area contributed by atoms with E-state index in [9.17, 15) is 15.3 Å². The maximum absolute atomic E-state index is 9.82. The molecule has 0 unspecified atom stereocenters. The van der Waals surface area contributed by atoms with E-state index in [2.05, 4.69) is 35.7 Å². The molecule has 0 saturated carbocycles. The van der Waals surface area contributed by atoms with Crippen molar-refractivity contribution in [2.75, 3.05) is 55.2 Å². The lowest BCUT2D eigenvalue weighted by atomic mass is 10.3. The van der Waals surface area contributed by atoms with Gasteiger partial charge in [0, 0.05) is 0 Å². The van der Waals surface area contributed by atoms with E-state index in [1.54, 1.807) is 0 Å². The summed E-state index contributed by atoms with van der Waals surface area (Å²) in [5.41, 5.74) is 0. The van der Waals surface area contributed by atoms with Crippen molar-refractivity contribution in [1.29, 1.82) is 0 Å². The maximum Gasteiger partial charge on any atom is 0.284 e. The van der Waals surface area contributed by atoms with Crippen LogP contribution in [-0.2, 0) is 14.5 Å². The summed E-state index contributed by atoms with van der Waals surface area (Å²) in [5, 5.41) is 31.3. The van der Waals surface area contributed by atoms with Gasteiger partial charge in [0.05, 0.1) is 19.8 Å². The summed E-state index contributed by atoms with van der Waals surface area (Å²) in [6, 6.07) is 0. The van der Waals surface area contributed by atoms with Crippen molar-refractivity contribution in [3.05, 3.63) is 0 Å². The molecule has 0 fully saturated rings. The van der Waals surface area contributed by atoms with Gasteiger partial charge in [-0.2, -0.15) is 20.0 Å². The topological polar surface area (TPSA) is 137 Å². The van der Waals surface area contributed by atoms with Gasteiger partial charge in [0.2, 0.25) is 5.95 Å². The number of aromatic nitrogens is 3. The highest BCUT2D eigenvalue weighted by molar-refractivity contribution is 5.43. The second-order valence-electron chi connectivity index (χ2n) is 7.46. The lowest BCUT2D eigenvalue weighted by Gasteiger charge is -2.25. The van der Waals surface area contributed by atoms with Crippen LogP contribution in [0.3, 0.4) is 0 Å². The minimum absolute atomic E-state index is 0.000199. The molecule has 1 heterocycles. The van der Waals surface area contributed by atoms with Gasteiger partial charge in [-0.05, 0) is 19.3 Å². The average molecular weight is 475 g/mol. The van der Waals surface area contributed by atoms with Gasteiger partial charge in [-0.3, -0.25) is 9.74 Å². The lowest BCUT2D eigenvalue weighted by Crippen LogP contribution is -2.34. The SMILES string of the molecule is CCCCCON(CO)c1nc(N(CO)CO)nc(N(OCCCCC)OCCCCC)n1. The fraction of sp³-hybridized carbons (Fsp3) is 0.857. The zero-order chi connectivity index (χ0) is 24.3. The van der Waals surface area contributed by atoms with Crippen molar-refractivity contribution in [1.82, 2.24) is 15.0 Å². The molecule has 0 aromatic carbocycles. The molecule has 0 saturated heterocycles. The highest BCUT2D eigenvalue weighted by atomic mass is 16.9. The third-order valence-electron chi connectivity index (χ3n) is 4.65. The molecule has 0 radical (unpaired) electrons. The van der Waals surface area contributed by atoms with Gasteiger partial charge in [0.1, 0.15) is 20.2 Å². The Balaban J connectivity index is 3.17. The predicted octanol–water partition coefficient (Wildman–Crippen LogP) is 2.51. The molecule has 33 heavy (non-hydrogen) atoms. The van der Waals surface area contributed by atoms with Crippen LogP contribution in [-0.4, -0.2) is 70.3 Å². The molecule has 3 N–H and O–H groups in total. The van der Waals surface area contributed by atoms with Gasteiger partial charge in [-0.15, -0.1) is 0 Å². The number of rotatable bonds is 21. The Morgan fingerprint density at radius 3 is 1.48 bits per heavy atom. The summed E-state index contributed by atoms with van der Waals surface area (Å²) in [4.78, 5) is 31.2. The van der Waals surface area contributed by atoms with Crippen LogP contribution in [0.25, 0.3) is 0 Å². The molecule has 0 atom stereocenters. The van der Waals surface area contributed by atoms with Crippen molar-refractivity contribution in [3.63, 3.8) is 0 Å². The third kappa shape index (κ3) is 11.2. The molecule has 0 aliphatic carbocycles. The maximum atomic E-state index is 9.82. The Morgan fingerprint density at radius 2 is 1.03 bits per heavy atom. The number of aliphatic hydroxyl groups is 3. The van der Waals surface area contributed by atoms with Crippen LogP contribution in [0.2, 0.25) is 0 Å². The summed E-state index contributed by atoms with van der Waals surface area (Å²) in [6.07, 6.45) is 8.59. The second kappa shape index (κ2) is 18.6. The van der Waals surface area contributed by atoms with E-state index in [0.717, 1.165) is 73.0 Å². The van der Waals surface area contributed by atoms with Crippen LogP contribution in [0, 0.1) is 0 Å². The highest BCUT2D eigenvalue weighted by Crippen LogP contribution is 2.20. The number of nitrogens with zero attached hydrogens (tertiary/aromatic N) is 6. The van der Waals surface area contributed by atoms with Crippen LogP contribution in [0.15, 0.2) is 0 Å². The molecular weight excluding hydrogens is 432 g/mol. The van der Waals surface area contributed by atoms with Gasteiger partial charge in [-0.1, -0.05) is 64.5 Å². The lowest BCUT2D eigenvalue weighted by molar-refractivity contribution is -0.0947. The minimum Gasteiger partial charge on any atom is -0.376 e. The quantitative estimate of drug-likeness (QED) is 0.137. The first kappa shape index (κ1) is 29.2. The van der Waals surface area contributed by atoms with Crippen molar-refractivity contribution in [2.24, 2.45) is 0 Å². The molecule has 0 aliphatic heterocycles. The van der Waals surface area contributed by atoms with Gasteiger partial charge in [0.15, 0.2) is 0 Å². The Kier molecular flexibility index (Phi) is 16.4. The van der Waals surface area contributed by atoms with E-state index in [0.29, 0.717) is 19.8 Å². The van der Waals surface area contributed by atoms with Crippen molar-refractivity contribution >= 4 is 17.8 Å². The standard InChI is InChI=1S/C21H42N6O6/c1-4-7-10-13-31-26(18-30)20-22-19(25(16-28)17-29)23-21(24-20)27(32-14-11-8-5-2)33-15-12-9-6-3/h28-30H,4-18H2,1-3H3. The summed E-state index contributed by atoms with van der Waals surface area (Å²) < 4.78 is 0. The normalized spacial score (nSPS) is 11.1. The van der Waals surface area contributed by atoms with Crippen molar-refractivity contribution in [2.45, 2.75) is 78.6 Å². The monoisotopic (exact) mass is 474 g/mol. The van der Waals surface area contributed by atoms with E-state index < -0.39 is 20.2 Å². The molecule has 192 valence electrons. The summed E-state index contributed by atoms with van der Waals surface area (Å²) in [7, 11) is 0. The van der Waals surface area contributed by atoms with Crippen LogP contribution in [0.1, 0.15) is 78.6 Å². The molecule has 12 heteroatoms. The largest absolute Gasteiger partial charge is 0.376 e. The summed E-state index contributed by atoms with van der Waals surface area (Å²) >= 11 is 0. The van der Waals surface area contributed by atoms with Gasteiger partial charge < -0.3 is 15.3 Å². The Morgan fingerprint density at radius 1 is 0.576 bits per heavy atom. The third-order valence-corrected chi connectivity index (χ3v) is 4.65. The van der Waals surface area contributed by atoms with E-state index in [4.69, 9.17) is 14.5 Å². The zero-order valence-corrected chi connectivity index (χ0v) is 20.4. The smallest absolute Gasteiger partial charge is 0.284 e. The van der Waals surface area contributed by atoms with Gasteiger partial charge in [-0.25, -0.2) is 9.68 Å². The molecule has 1 rings (SSSR count). The summed E-state index contributed by atoms with van der Waals surface area (Å²) in [5.74, 6) is 0.000597. The van der Waals surface area contributed by atoms with E-state index in [1.807, 2.05) is 0 Å². The first-order chi connectivity index (χ1) is 16.1. The fourth-order valence-corrected chi connectivity index (χ4v) is 2.69. The predicted molar refractivity (Wildman–Crippen MR) is 125 cm³/mol. The van der Waals surface area contributed by atoms with Crippen LogP contribution >= 0.6 is 0 Å². The Labute approximate surface area is 197 Å². The number of anilines is 3. The first-order valence-corrected chi connectivity index (χ1v) is 11.9. The zero-order valence-electron chi connectivity index (χ0n) is 20.4. The first-order valence-electron chi connectivity index (χ1n) is 11.9. The van der Waals surface area contributed by atoms with E-state index in [-0.39, 0.29) is 17.8 Å². The van der Waals surface area contributed by atoms with E-state index in [1.165, 1.54) is 0 Å².